The average molecular weight is 237 g/mol. The monoisotopic (exact) mass is 237 g/mol. The second kappa shape index (κ2) is 5.48. The summed E-state index contributed by atoms with van der Waals surface area (Å²) in [5, 5.41) is 0.821. The van der Waals surface area contributed by atoms with Crippen molar-refractivity contribution in [3.63, 3.8) is 0 Å². The Labute approximate surface area is 102 Å². The van der Waals surface area contributed by atoms with E-state index in [9.17, 15) is 0 Å². The van der Waals surface area contributed by atoms with Crippen LogP contribution in [0.25, 0.3) is 0 Å². The fourth-order valence-electron chi connectivity index (χ4n) is 1.62. The zero-order valence-corrected chi connectivity index (χ0v) is 10.8. The summed E-state index contributed by atoms with van der Waals surface area (Å²) in [6.45, 7) is 2.19. The molecule has 88 valence electrons. The van der Waals surface area contributed by atoms with E-state index in [1.807, 2.05) is 11.9 Å². The molecule has 1 N–H and O–H groups in total. The molecule has 1 saturated carbocycles. The van der Waals surface area contributed by atoms with E-state index in [4.69, 9.17) is 4.74 Å². The highest BCUT2D eigenvalue weighted by Gasteiger charge is 2.22. The Balaban J connectivity index is 2.02. The minimum atomic E-state index is 0.821. The van der Waals surface area contributed by atoms with E-state index in [1.165, 1.54) is 18.4 Å². The largest absolute Gasteiger partial charge is 0.496 e. The van der Waals surface area contributed by atoms with Crippen LogP contribution in [-0.4, -0.2) is 12.4 Å². The van der Waals surface area contributed by atoms with Gasteiger partial charge >= 0.3 is 0 Å². The molecule has 3 heteroatoms. The number of hydrogen-bond acceptors (Lipinski definition) is 3. The Kier molecular flexibility index (Phi) is 3.99. The fraction of sp³-hybridized carbons (Fsp3) is 0.538. The van der Waals surface area contributed by atoms with Crippen LogP contribution in [0.3, 0.4) is 0 Å². The summed E-state index contributed by atoms with van der Waals surface area (Å²) in [7, 11) is 1.74. The first-order chi connectivity index (χ1) is 7.83. The molecule has 0 unspecified atom stereocenters. The van der Waals surface area contributed by atoms with Crippen molar-refractivity contribution in [3.8, 4) is 5.75 Å². The van der Waals surface area contributed by atoms with Crippen LogP contribution in [0.4, 0.5) is 5.69 Å². The lowest BCUT2D eigenvalue weighted by Crippen LogP contribution is -1.94. The number of hydrogen-bond donors (Lipinski definition) is 1. The highest BCUT2D eigenvalue weighted by atomic mass is 32.2. The van der Waals surface area contributed by atoms with E-state index in [0.29, 0.717) is 0 Å². The van der Waals surface area contributed by atoms with Crippen molar-refractivity contribution in [2.45, 2.75) is 37.9 Å². The summed E-state index contributed by atoms with van der Waals surface area (Å²) in [6, 6.07) is 6.40. The molecule has 1 aromatic carbocycles. The molecule has 0 atom stereocenters. The standard InChI is InChI=1S/C13H19NOS/c1-3-4-10-5-6-11(9-13(10)15-2)14-16-12-7-8-12/h5-6,9,12,14H,3-4,7-8H2,1-2H3. The van der Waals surface area contributed by atoms with Gasteiger partial charge in [0.05, 0.1) is 7.11 Å². The quantitative estimate of drug-likeness (QED) is 0.759. The van der Waals surface area contributed by atoms with Crippen molar-refractivity contribution in [1.82, 2.24) is 0 Å². The van der Waals surface area contributed by atoms with E-state index >= 15 is 0 Å². The van der Waals surface area contributed by atoms with Gasteiger partial charge in [-0.3, -0.25) is 0 Å². The maximum absolute atomic E-state index is 5.41. The molecule has 0 aromatic heterocycles. The van der Waals surface area contributed by atoms with Gasteiger partial charge < -0.3 is 9.46 Å². The SMILES string of the molecule is CCCc1ccc(NSC2CC2)cc1OC. The Morgan fingerprint density at radius 2 is 2.25 bits per heavy atom. The fourth-order valence-corrected chi connectivity index (χ4v) is 2.42. The molecular weight excluding hydrogens is 218 g/mol. The van der Waals surface area contributed by atoms with Gasteiger partial charge in [0, 0.05) is 17.0 Å². The molecule has 16 heavy (non-hydrogen) atoms. The first kappa shape index (κ1) is 11.6. The van der Waals surface area contributed by atoms with Gasteiger partial charge in [0.25, 0.3) is 0 Å². The first-order valence-corrected chi connectivity index (χ1v) is 6.80. The molecule has 2 nitrogen and oxygen atoms in total. The minimum absolute atomic E-state index is 0.821. The number of methoxy groups -OCH3 is 1. The third-order valence-corrected chi connectivity index (χ3v) is 3.83. The zero-order valence-electron chi connectivity index (χ0n) is 9.95. The lowest BCUT2D eigenvalue weighted by molar-refractivity contribution is 0.409. The Hall–Kier alpha value is -0.830. The van der Waals surface area contributed by atoms with Gasteiger partial charge in [0.1, 0.15) is 5.75 Å². The smallest absolute Gasteiger partial charge is 0.124 e. The third-order valence-electron chi connectivity index (χ3n) is 2.67. The van der Waals surface area contributed by atoms with Crippen LogP contribution in [0.1, 0.15) is 31.7 Å². The molecule has 0 saturated heterocycles. The second-order valence-electron chi connectivity index (χ2n) is 4.20. The molecule has 0 amide bonds. The maximum Gasteiger partial charge on any atom is 0.124 e. The highest BCUT2D eigenvalue weighted by Crippen LogP contribution is 2.35. The topological polar surface area (TPSA) is 21.3 Å². The molecule has 0 heterocycles. The van der Waals surface area contributed by atoms with Gasteiger partial charge in [0.15, 0.2) is 0 Å². The van der Waals surface area contributed by atoms with Crippen LogP contribution in [0.2, 0.25) is 0 Å². The van der Waals surface area contributed by atoms with Crippen molar-refractivity contribution in [2.75, 3.05) is 11.8 Å². The molecule has 2 rings (SSSR count). The maximum atomic E-state index is 5.41. The van der Waals surface area contributed by atoms with Crippen LogP contribution in [0.15, 0.2) is 18.2 Å². The number of aryl methyl sites for hydroxylation is 1. The van der Waals surface area contributed by atoms with Gasteiger partial charge in [-0.15, -0.1) is 0 Å². The normalized spacial score (nSPS) is 14.9. The van der Waals surface area contributed by atoms with Gasteiger partial charge in [-0.05, 0) is 42.8 Å². The van der Waals surface area contributed by atoms with Crippen molar-refractivity contribution in [1.29, 1.82) is 0 Å². The highest BCUT2D eigenvalue weighted by molar-refractivity contribution is 8.01. The van der Waals surface area contributed by atoms with Gasteiger partial charge in [-0.2, -0.15) is 0 Å². The molecule has 0 bridgehead atoms. The minimum Gasteiger partial charge on any atom is -0.496 e. The number of anilines is 1. The third kappa shape index (κ3) is 3.08. The van der Waals surface area contributed by atoms with E-state index in [-0.39, 0.29) is 0 Å². The number of benzene rings is 1. The summed E-state index contributed by atoms with van der Waals surface area (Å²) in [5.74, 6) is 1.00. The molecular formula is C13H19NOS. The van der Waals surface area contributed by atoms with Gasteiger partial charge in [0.2, 0.25) is 0 Å². The molecule has 1 aliphatic carbocycles. The molecule has 1 fully saturated rings. The number of nitrogens with one attached hydrogen (secondary N) is 1. The van der Waals surface area contributed by atoms with Crippen LogP contribution in [-0.2, 0) is 6.42 Å². The zero-order chi connectivity index (χ0) is 11.4. The Morgan fingerprint density at radius 1 is 1.44 bits per heavy atom. The van der Waals surface area contributed by atoms with Gasteiger partial charge in [-0.1, -0.05) is 19.4 Å². The predicted molar refractivity (Wildman–Crippen MR) is 71.2 cm³/mol. The summed E-state index contributed by atoms with van der Waals surface area (Å²) in [6.07, 6.45) is 4.94. The van der Waals surface area contributed by atoms with Crippen molar-refractivity contribution >= 4 is 17.6 Å². The summed E-state index contributed by atoms with van der Waals surface area (Å²) in [4.78, 5) is 0. The van der Waals surface area contributed by atoms with Gasteiger partial charge in [-0.25, -0.2) is 0 Å². The summed E-state index contributed by atoms with van der Waals surface area (Å²) < 4.78 is 8.80. The van der Waals surface area contributed by atoms with E-state index in [2.05, 4.69) is 29.8 Å². The number of ether oxygens (including phenoxy) is 1. The predicted octanol–water partition coefficient (Wildman–Crippen LogP) is 3.87. The molecule has 1 aliphatic rings. The van der Waals surface area contributed by atoms with E-state index < -0.39 is 0 Å². The molecule has 0 aliphatic heterocycles. The lowest BCUT2D eigenvalue weighted by Gasteiger charge is -2.11. The summed E-state index contributed by atoms with van der Waals surface area (Å²) >= 11 is 1.83. The van der Waals surface area contributed by atoms with Crippen molar-refractivity contribution in [2.24, 2.45) is 0 Å². The van der Waals surface area contributed by atoms with E-state index in [0.717, 1.165) is 29.5 Å². The Morgan fingerprint density at radius 3 is 2.88 bits per heavy atom. The van der Waals surface area contributed by atoms with E-state index in [1.54, 1.807) is 7.11 Å². The average Bonchev–Trinajstić information content (AvgIpc) is 3.12. The lowest BCUT2D eigenvalue weighted by atomic mass is 10.1. The second-order valence-corrected chi connectivity index (χ2v) is 5.30. The molecule has 1 aromatic rings. The summed E-state index contributed by atoms with van der Waals surface area (Å²) in [5.41, 5.74) is 2.44. The van der Waals surface area contributed by atoms with Crippen LogP contribution in [0.5, 0.6) is 5.75 Å². The van der Waals surface area contributed by atoms with Crippen molar-refractivity contribution in [3.05, 3.63) is 23.8 Å². The Bertz CT molecular complexity index is 350. The number of rotatable bonds is 6. The van der Waals surface area contributed by atoms with Crippen LogP contribution < -0.4 is 9.46 Å². The van der Waals surface area contributed by atoms with Crippen molar-refractivity contribution < 1.29 is 4.74 Å². The molecule has 0 radical (unpaired) electrons. The first-order valence-electron chi connectivity index (χ1n) is 5.92. The molecule has 0 spiro atoms. The van der Waals surface area contributed by atoms with Crippen LogP contribution >= 0.6 is 11.9 Å². The van der Waals surface area contributed by atoms with Crippen LogP contribution in [0, 0.1) is 0 Å².